The molecule has 1 aliphatic carbocycles. The van der Waals surface area contributed by atoms with E-state index in [1.165, 1.54) is 13.8 Å². The Kier molecular flexibility index (Phi) is 3.66. The molecule has 2 rings (SSSR count). The van der Waals surface area contributed by atoms with Crippen molar-refractivity contribution in [2.75, 3.05) is 0 Å². The lowest BCUT2D eigenvalue weighted by Gasteiger charge is -2.55. The monoisotopic (exact) mass is 318 g/mol. The maximum atomic E-state index is 12.4. The molecule has 2 fully saturated rings. The number of rotatable bonds is 3. The van der Waals surface area contributed by atoms with Gasteiger partial charge in [0.25, 0.3) is 15.9 Å². The Morgan fingerprint density at radius 2 is 1.90 bits per heavy atom. The van der Waals surface area contributed by atoms with Crippen molar-refractivity contribution in [3.05, 3.63) is 0 Å². The highest BCUT2D eigenvalue weighted by Crippen LogP contribution is 2.47. The minimum Gasteiger partial charge on any atom is -0.391 e. The summed E-state index contributed by atoms with van der Waals surface area (Å²) in [5.41, 5.74) is 4.86. The van der Waals surface area contributed by atoms with Gasteiger partial charge in [-0.2, -0.15) is 0 Å². The first kappa shape index (κ1) is 15.7. The summed E-state index contributed by atoms with van der Waals surface area (Å²) in [5, 5.41) is 0. The first-order valence-electron chi connectivity index (χ1n) is 7.00. The van der Waals surface area contributed by atoms with Gasteiger partial charge in [-0.25, -0.2) is 12.7 Å². The van der Waals surface area contributed by atoms with E-state index in [1.54, 1.807) is 0 Å². The Hall–Kier alpha value is -0.690. The van der Waals surface area contributed by atoms with Crippen LogP contribution in [0.4, 0.5) is 0 Å². The maximum Gasteiger partial charge on any atom is 0.259 e. The largest absolute Gasteiger partial charge is 0.391 e. The zero-order valence-corrected chi connectivity index (χ0v) is 13.8. The first-order chi connectivity index (χ1) is 9.11. The summed E-state index contributed by atoms with van der Waals surface area (Å²) in [6, 6.07) is 0. The Morgan fingerprint density at radius 1 is 1.40 bits per heavy atom. The van der Waals surface area contributed by atoms with Crippen LogP contribution in [0, 0.1) is 5.92 Å². The summed E-state index contributed by atoms with van der Waals surface area (Å²) in [7, 11) is -3.66. The number of amides is 1. The van der Waals surface area contributed by atoms with Gasteiger partial charge >= 0.3 is 0 Å². The molecular weight excluding hydrogens is 296 g/mol. The Balaban J connectivity index is 2.38. The molecule has 0 unspecified atom stereocenters. The Labute approximate surface area is 125 Å². The fourth-order valence-electron chi connectivity index (χ4n) is 3.19. The van der Waals surface area contributed by atoms with Crippen LogP contribution < -0.4 is 5.73 Å². The SMILES string of the molecule is CCC1CCC(C(N)=S)(N2C(=O)C(C)(C)S2(=O)=O)CC1. The molecule has 0 radical (unpaired) electrons. The minimum absolute atomic E-state index is 0.125. The third-order valence-electron chi connectivity index (χ3n) is 4.94. The second kappa shape index (κ2) is 4.66. The highest BCUT2D eigenvalue weighted by atomic mass is 32.2. The van der Waals surface area contributed by atoms with E-state index in [0.29, 0.717) is 18.8 Å². The zero-order chi connectivity index (χ0) is 15.3. The number of nitrogens with zero attached hydrogens (tertiary/aromatic N) is 1. The summed E-state index contributed by atoms with van der Waals surface area (Å²) in [6.45, 7) is 4.99. The molecule has 1 heterocycles. The van der Waals surface area contributed by atoms with E-state index in [4.69, 9.17) is 18.0 Å². The fraction of sp³-hybridized carbons (Fsp3) is 0.846. The van der Waals surface area contributed by atoms with E-state index < -0.39 is 20.3 Å². The summed E-state index contributed by atoms with van der Waals surface area (Å²) < 4.78 is 24.5. The van der Waals surface area contributed by atoms with Gasteiger partial charge in [-0.1, -0.05) is 25.6 Å². The second-order valence-corrected chi connectivity index (χ2v) is 9.11. The predicted molar refractivity (Wildman–Crippen MR) is 81.6 cm³/mol. The third kappa shape index (κ3) is 1.82. The number of carbonyl (C=O) groups is 1. The molecule has 0 aromatic carbocycles. The highest BCUT2D eigenvalue weighted by Gasteiger charge is 2.67. The normalized spacial score (nSPS) is 35.5. The van der Waals surface area contributed by atoms with Gasteiger partial charge in [-0.15, -0.1) is 0 Å². The van der Waals surface area contributed by atoms with Crippen LogP contribution in [0.2, 0.25) is 0 Å². The first-order valence-corrected chi connectivity index (χ1v) is 8.85. The van der Waals surface area contributed by atoms with Crippen LogP contribution in [0.1, 0.15) is 52.9 Å². The van der Waals surface area contributed by atoms with Gasteiger partial charge in [0.15, 0.2) is 4.75 Å². The molecule has 2 aliphatic rings. The fourth-order valence-corrected chi connectivity index (χ4v) is 5.37. The van der Waals surface area contributed by atoms with Crippen LogP contribution in [-0.4, -0.2) is 33.9 Å². The van der Waals surface area contributed by atoms with Gasteiger partial charge in [0.1, 0.15) is 10.5 Å². The Morgan fingerprint density at radius 3 is 2.25 bits per heavy atom. The number of hydrogen-bond acceptors (Lipinski definition) is 4. The predicted octanol–water partition coefficient (Wildman–Crippen LogP) is 1.56. The van der Waals surface area contributed by atoms with Crippen LogP contribution in [0.25, 0.3) is 0 Å². The smallest absolute Gasteiger partial charge is 0.259 e. The van der Waals surface area contributed by atoms with Crippen LogP contribution in [0.5, 0.6) is 0 Å². The highest BCUT2D eigenvalue weighted by molar-refractivity contribution is 7.94. The number of nitrogens with two attached hydrogens (primary N) is 1. The molecule has 114 valence electrons. The number of carbonyl (C=O) groups excluding carboxylic acids is 1. The van der Waals surface area contributed by atoms with Crippen molar-refractivity contribution in [1.29, 1.82) is 0 Å². The zero-order valence-electron chi connectivity index (χ0n) is 12.2. The minimum atomic E-state index is -3.66. The van der Waals surface area contributed by atoms with E-state index in [2.05, 4.69) is 6.92 Å². The molecule has 5 nitrogen and oxygen atoms in total. The molecule has 0 aromatic rings. The van der Waals surface area contributed by atoms with Crippen LogP contribution in [0.3, 0.4) is 0 Å². The molecular formula is C13H22N2O3S2. The second-order valence-electron chi connectivity index (χ2n) is 6.33. The molecule has 2 N–H and O–H groups in total. The lowest BCUT2D eigenvalue weighted by Crippen LogP contribution is -2.76. The quantitative estimate of drug-likeness (QED) is 0.799. The van der Waals surface area contributed by atoms with Gasteiger partial charge in [0.05, 0.1) is 0 Å². The van der Waals surface area contributed by atoms with E-state index in [-0.39, 0.29) is 10.9 Å². The molecule has 0 spiro atoms. The molecule has 7 heteroatoms. The van der Waals surface area contributed by atoms with E-state index in [0.717, 1.165) is 23.6 Å². The van der Waals surface area contributed by atoms with Crippen molar-refractivity contribution >= 4 is 33.1 Å². The van der Waals surface area contributed by atoms with Crippen LogP contribution in [-0.2, 0) is 14.8 Å². The van der Waals surface area contributed by atoms with Crippen molar-refractivity contribution in [3.63, 3.8) is 0 Å². The molecule has 1 saturated heterocycles. The molecule has 0 atom stereocenters. The van der Waals surface area contributed by atoms with Crippen molar-refractivity contribution in [1.82, 2.24) is 4.31 Å². The van der Waals surface area contributed by atoms with Gasteiger partial charge in [0.2, 0.25) is 0 Å². The molecule has 1 saturated carbocycles. The van der Waals surface area contributed by atoms with E-state index in [1.807, 2.05) is 0 Å². The standard InChI is InChI=1S/C13H22N2O3S2/c1-4-9-5-7-13(8-6-9,10(14)19)15-11(16)12(2,3)20(15,17)18/h9H,4-8H2,1-3H3,(H2,14,19). The van der Waals surface area contributed by atoms with E-state index in [9.17, 15) is 13.2 Å². The average molecular weight is 318 g/mol. The van der Waals surface area contributed by atoms with Crippen molar-refractivity contribution in [3.8, 4) is 0 Å². The number of thiocarbonyl (C=S) groups is 1. The van der Waals surface area contributed by atoms with Crippen LogP contribution in [0.15, 0.2) is 0 Å². The Bertz CT molecular complexity index is 546. The lowest BCUT2D eigenvalue weighted by atomic mass is 9.75. The van der Waals surface area contributed by atoms with Gasteiger partial charge < -0.3 is 5.73 Å². The summed E-state index contributed by atoms with van der Waals surface area (Å²) >= 11 is 5.13. The molecule has 1 aliphatic heterocycles. The summed E-state index contributed by atoms with van der Waals surface area (Å²) in [4.78, 5) is 12.4. The lowest BCUT2D eigenvalue weighted by molar-refractivity contribution is -0.136. The molecule has 0 bridgehead atoms. The number of sulfonamides is 1. The summed E-state index contributed by atoms with van der Waals surface area (Å²) in [6.07, 6.45) is 3.85. The molecule has 20 heavy (non-hydrogen) atoms. The van der Waals surface area contributed by atoms with Crippen molar-refractivity contribution in [2.24, 2.45) is 11.7 Å². The van der Waals surface area contributed by atoms with E-state index >= 15 is 0 Å². The molecule has 1 amide bonds. The molecule has 0 aromatic heterocycles. The topological polar surface area (TPSA) is 80.5 Å². The van der Waals surface area contributed by atoms with Gasteiger partial charge in [-0.05, 0) is 45.4 Å². The average Bonchev–Trinajstić information content (AvgIpc) is 2.38. The number of hydrogen-bond donors (Lipinski definition) is 1. The van der Waals surface area contributed by atoms with Crippen LogP contribution >= 0.6 is 12.2 Å². The van der Waals surface area contributed by atoms with Gasteiger partial charge in [0, 0.05) is 0 Å². The summed E-state index contributed by atoms with van der Waals surface area (Å²) in [5.74, 6) is 0.171. The van der Waals surface area contributed by atoms with Crippen molar-refractivity contribution < 1.29 is 13.2 Å². The maximum absolute atomic E-state index is 12.4. The third-order valence-corrected chi connectivity index (χ3v) is 7.78. The van der Waals surface area contributed by atoms with Crippen molar-refractivity contribution in [2.45, 2.75) is 63.2 Å². The van der Waals surface area contributed by atoms with Gasteiger partial charge in [-0.3, -0.25) is 4.79 Å².